The van der Waals surface area contributed by atoms with Gasteiger partial charge in [0.15, 0.2) is 0 Å². The van der Waals surface area contributed by atoms with Crippen molar-refractivity contribution in [2.24, 2.45) is 12.8 Å². The van der Waals surface area contributed by atoms with Crippen LogP contribution in [0.5, 0.6) is 0 Å². The van der Waals surface area contributed by atoms with E-state index >= 15 is 0 Å². The summed E-state index contributed by atoms with van der Waals surface area (Å²) in [6.45, 7) is 0. The topological polar surface area (TPSA) is 43.8 Å². The summed E-state index contributed by atoms with van der Waals surface area (Å²) in [7, 11) is 1.69. The zero-order valence-corrected chi connectivity index (χ0v) is 10.6. The number of halogens is 3. The van der Waals surface area contributed by atoms with Gasteiger partial charge in [0.05, 0.1) is 22.4 Å². The predicted octanol–water partition coefficient (Wildman–Crippen LogP) is 2.51. The molecule has 1 aromatic heterocycles. The molecule has 0 bridgehead atoms. The molecule has 17 heavy (non-hydrogen) atoms. The molecule has 0 aliphatic rings. The highest BCUT2D eigenvalue weighted by atomic mass is 79.9. The normalized spacial score (nSPS) is 12.8. The van der Waals surface area contributed by atoms with Crippen LogP contribution >= 0.6 is 15.9 Å². The molecule has 3 nitrogen and oxygen atoms in total. The van der Waals surface area contributed by atoms with E-state index in [-0.39, 0.29) is 5.56 Å². The van der Waals surface area contributed by atoms with Crippen LogP contribution in [0.4, 0.5) is 8.78 Å². The molecule has 1 aromatic carbocycles. The highest BCUT2D eigenvalue weighted by molar-refractivity contribution is 9.10. The van der Waals surface area contributed by atoms with Gasteiger partial charge in [0.25, 0.3) is 0 Å². The molecule has 2 aromatic rings. The van der Waals surface area contributed by atoms with E-state index in [2.05, 4.69) is 21.0 Å². The molecular weight excluding hydrogens is 292 g/mol. The smallest absolute Gasteiger partial charge is 0.128 e. The lowest BCUT2D eigenvalue weighted by molar-refractivity contribution is 0.566. The summed E-state index contributed by atoms with van der Waals surface area (Å²) in [6.07, 6.45) is 1.56. The SMILES string of the molecule is Cn1ncc(Br)c1C(N)c1cc(F)ccc1F. The fourth-order valence-corrected chi connectivity index (χ4v) is 2.27. The van der Waals surface area contributed by atoms with Gasteiger partial charge in [-0.25, -0.2) is 8.78 Å². The molecule has 6 heteroatoms. The van der Waals surface area contributed by atoms with Crippen LogP contribution in [0.25, 0.3) is 0 Å². The summed E-state index contributed by atoms with van der Waals surface area (Å²) in [4.78, 5) is 0. The molecule has 0 saturated heterocycles. The maximum absolute atomic E-state index is 13.6. The van der Waals surface area contributed by atoms with Crippen LogP contribution < -0.4 is 5.73 Å². The van der Waals surface area contributed by atoms with Gasteiger partial charge in [0, 0.05) is 12.6 Å². The molecule has 0 radical (unpaired) electrons. The van der Waals surface area contributed by atoms with Crippen molar-refractivity contribution in [1.29, 1.82) is 0 Å². The first-order chi connectivity index (χ1) is 8.00. The Morgan fingerprint density at radius 2 is 2.12 bits per heavy atom. The molecule has 1 unspecified atom stereocenters. The number of nitrogens with two attached hydrogens (primary N) is 1. The first kappa shape index (κ1) is 12.2. The number of aryl methyl sites for hydroxylation is 1. The van der Waals surface area contributed by atoms with Crippen LogP contribution in [0.15, 0.2) is 28.9 Å². The Hall–Kier alpha value is -1.27. The Labute approximate surface area is 105 Å². The van der Waals surface area contributed by atoms with Gasteiger partial charge in [-0.05, 0) is 34.1 Å². The summed E-state index contributed by atoms with van der Waals surface area (Å²) in [5.74, 6) is -1.05. The summed E-state index contributed by atoms with van der Waals surface area (Å²) >= 11 is 3.28. The molecule has 1 heterocycles. The minimum absolute atomic E-state index is 0.106. The third-order valence-corrected chi connectivity index (χ3v) is 3.14. The molecule has 0 aliphatic carbocycles. The second-order valence-electron chi connectivity index (χ2n) is 3.64. The monoisotopic (exact) mass is 301 g/mol. The van der Waals surface area contributed by atoms with Crippen molar-refractivity contribution < 1.29 is 8.78 Å². The fraction of sp³-hybridized carbons (Fsp3) is 0.182. The van der Waals surface area contributed by atoms with E-state index < -0.39 is 17.7 Å². The summed E-state index contributed by atoms with van der Waals surface area (Å²) in [5, 5.41) is 3.99. The van der Waals surface area contributed by atoms with Gasteiger partial charge >= 0.3 is 0 Å². The van der Waals surface area contributed by atoms with Gasteiger partial charge < -0.3 is 5.73 Å². The summed E-state index contributed by atoms with van der Waals surface area (Å²) < 4.78 is 28.9. The van der Waals surface area contributed by atoms with E-state index in [4.69, 9.17) is 5.73 Å². The average Bonchev–Trinajstić information content (AvgIpc) is 2.61. The van der Waals surface area contributed by atoms with E-state index in [9.17, 15) is 8.78 Å². The minimum Gasteiger partial charge on any atom is -0.319 e. The Kier molecular flexibility index (Phi) is 3.26. The summed E-state index contributed by atoms with van der Waals surface area (Å²) in [6, 6.07) is 2.45. The fourth-order valence-electron chi connectivity index (χ4n) is 1.67. The molecule has 0 spiro atoms. The highest BCUT2D eigenvalue weighted by Gasteiger charge is 2.20. The van der Waals surface area contributed by atoms with E-state index in [1.54, 1.807) is 13.2 Å². The third-order valence-electron chi connectivity index (χ3n) is 2.53. The second-order valence-corrected chi connectivity index (χ2v) is 4.50. The van der Waals surface area contributed by atoms with Gasteiger partial charge in [0.1, 0.15) is 11.6 Å². The maximum Gasteiger partial charge on any atom is 0.128 e. The van der Waals surface area contributed by atoms with Crippen molar-refractivity contribution in [3.63, 3.8) is 0 Å². The zero-order chi connectivity index (χ0) is 12.6. The van der Waals surface area contributed by atoms with Crippen LogP contribution in [0.3, 0.4) is 0 Å². The lowest BCUT2D eigenvalue weighted by Gasteiger charge is -2.14. The number of rotatable bonds is 2. The van der Waals surface area contributed by atoms with Crippen molar-refractivity contribution in [2.75, 3.05) is 0 Å². The molecule has 90 valence electrons. The van der Waals surface area contributed by atoms with Crippen molar-refractivity contribution in [3.8, 4) is 0 Å². The van der Waals surface area contributed by atoms with E-state index in [0.717, 1.165) is 18.2 Å². The second kappa shape index (κ2) is 4.54. The number of benzene rings is 1. The van der Waals surface area contributed by atoms with E-state index in [0.29, 0.717) is 10.2 Å². The molecular formula is C11H10BrF2N3. The Morgan fingerprint density at radius 3 is 2.71 bits per heavy atom. The van der Waals surface area contributed by atoms with Gasteiger partial charge in [0.2, 0.25) is 0 Å². The maximum atomic E-state index is 13.6. The largest absolute Gasteiger partial charge is 0.319 e. The van der Waals surface area contributed by atoms with E-state index in [1.165, 1.54) is 4.68 Å². The molecule has 1 atom stereocenters. The van der Waals surface area contributed by atoms with Crippen LogP contribution in [-0.2, 0) is 7.05 Å². The van der Waals surface area contributed by atoms with Gasteiger partial charge in [-0.1, -0.05) is 0 Å². The standard InChI is InChI=1S/C11H10BrF2N3/c1-17-11(8(12)5-16-17)10(15)7-4-6(13)2-3-9(7)14/h2-5,10H,15H2,1H3. The summed E-state index contributed by atoms with van der Waals surface area (Å²) in [5.41, 5.74) is 6.63. The first-order valence-corrected chi connectivity index (χ1v) is 5.68. The first-order valence-electron chi connectivity index (χ1n) is 4.88. The van der Waals surface area contributed by atoms with Crippen molar-refractivity contribution >= 4 is 15.9 Å². The molecule has 0 fully saturated rings. The van der Waals surface area contributed by atoms with E-state index in [1.807, 2.05) is 0 Å². The number of nitrogens with zero attached hydrogens (tertiary/aromatic N) is 2. The third kappa shape index (κ3) is 2.23. The lowest BCUT2D eigenvalue weighted by atomic mass is 10.0. The molecule has 2 N–H and O–H groups in total. The molecule has 0 saturated carbocycles. The molecule has 0 aliphatic heterocycles. The Balaban J connectivity index is 2.50. The van der Waals surface area contributed by atoms with Crippen LogP contribution in [0.2, 0.25) is 0 Å². The van der Waals surface area contributed by atoms with Crippen molar-refractivity contribution in [2.45, 2.75) is 6.04 Å². The van der Waals surface area contributed by atoms with Crippen LogP contribution in [0.1, 0.15) is 17.3 Å². The van der Waals surface area contributed by atoms with Crippen LogP contribution in [0, 0.1) is 11.6 Å². The number of hydrogen-bond acceptors (Lipinski definition) is 2. The van der Waals surface area contributed by atoms with Gasteiger partial charge in [-0.15, -0.1) is 0 Å². The Bertz CT molecular complexity index is 534. The highest BCUT2D eigenvalue weighted by Crippen LogP contribution is 2.28. The van der Waals surface area contributed by atoms with Crippen LogP contribution in [-0.4, -0.2) is 9.78 Å². The average molecular weight is 302 g/mol. The zero-order valence-electron chi connectivity index (χ0n) is 8.99. The Morgan fingerprint density at radius 1 is 1.41 bits per heavy atom. The van der Waals surface area contributed by atoms with Crippen molar-refractivity contribution in [3.05, 3.63) is 51.8 Å². The van der Waals surface area contributed by atoms with Gasteiger partial charge in [-0.2, -0.15) is 5.10 Å². The number of hydrogen-bond donors (Lipinski definition) is 1. The number of aromatic nitrogens is 2. The molecule has 2 rings (SSSR count). The minimum atomic E-state index is -0.771. The van der Waals surface area contributed by atoms with Gasteiger partial charge in [-0.3, -0.25) is 4.68 Å². The lowest BCUT2D eigenvalue weighted by Crippen LogP contribution is -2.18. The van der Waals surface area contributed by atoms with Crippen molar-refractivity contribution in [1.82, 2.24) is 9.78 Å². The quantitative estimate of drug-likeness (QED) is 0.926. The predicted molar refractivity (Wildman–Crippen MR) is 63.3 cm³/mol. The molecule has 0 amide bonds.